The molecule has 96 valence electrons. The molecule has 0 fully saturated rings. The van der Waals surface area contributed by atoms with Crippen molar-refractivity contribution in [2.45, 2.75) is 20.4 Å². The van der Waals surface area contributed by atoms with Crippen LogP contribution in [-0.4, -0.2) is 28.6 Å². The molecule has 4 nitrogen and oxygen atoms in total. The average Bonchev–Trinajstić information content (AvgIpc) is 2.28. The first-order valence-electron chi connectivity index (χ1n) is 5.22. The molecule has 0 saturated heterocycles. The van der Waals surface area contributed by atoms with Gasteiger partial charge in [-0.05, 0) is 34.5 Å². The molecule has 0 radical (unpaired) electrons. The van der Waals surface area contributed by atoms with E-state index in [4.69, 9.17) is 0 Å². The molecule has 0 saturated carbocycles. The summed E-state index contributed by atoms with van der Waals surface area (Å²) in [5, 5.41) is 0. The molecule has 0 aliphatic heterocycles. The van der Waals surface area contributed by atoms with Gasteiger partial charge in [0.05, 0.1) is 12.3 Å². The number of hydrogen-bond acceptors (Lipinski definition) is 4. The first-order valence-corrected chi connectivity index (χ1v) is 8.56. The maximum absolute atomic E-state index is 11.9. The van der Waals surface area contributed by atoms with Crippen molar-refractivity contribution in [3.8, 4) is 0 Å². The Morgan fingerprint density at radius 3 is 2.65 bits per heavy atom. The standard InChI is InChI=1S/C10H15BrN2O2S2/c1-3-16-13(17(14,15)4-2)8-9-5-10(11)7-12-6-9/h5-7H,3-4,8H2,1-2H3. The fourth-order valence-electron chi connectivity index (χ4n) is 1.20. The third-order valence-corrected chi connectivity index (χ3v) is 5.61. The Labute approximate surface area is 115 Å². The second-order valence-corrected chi connectivity index (χ2v) is 7.90. The van der Waals surface area contributed by atoms with Crippen molar-refractivity contribution in [1.82, 2.24) is 8.69 Å². The number of hydrogen-bond donors (Lipinski definition) is 0. The molecule has 0 atom stereocenters. The van der Waals surface area contributed by atoms with E-state index in [2.05, 4.69) is 20.9 Å². The van der Waals surface area contributed by atoms with E-state index in [9.17, 15) is 8.42 Å². The van der Waals surface area contributed by atoms with Gasteiger partial charge in [0, 0.05) is 22.6 Å². The van der Waals surface area contributed by atoms with E-state index in [1.807, 2.05) is 13.0 Å². The summed E-state index contributed by atoms with van der Waals surface area (Å²) < 4.78 is 26.0. The van der Waals surface area contributed by atoms with Crippen molar-refractivity contribution in [3.05, 3.63) is 28.5 Å². The topological polar surface area (TPSA) is 50.3 Å². The maximum Gasteiger partial charge on any atom is 0.223 e. The lowest BCUT2D eigenvalue weighted by atomic mass is 10.3. The largest absolute Gasteiger partial charge is 0.263 e. The predicted molar refractivity (Wildman–Crippen MR) is 75.1 cm³/mol. The van der Waals surface area contributed by atoms with Crippen LogP contribution in [0.2, 0.25) is 0 Å². The Bertz CT molecular complexity index is 465. The van der Waals surface area contributed by atoms with Gasteiger partial charge in [0.15, 0.2) is 0 Å². The highest BCUT2D eigenvalue weighted by molar-refractivity contribution is 9.10. The lowest BCUT2D eigenvalue weighted by Crippen LogP contribution is -2.26. The van der Waals surface area contributed by atoms with Crippen molar-refractivity contribution in [2.75, 3.05) is 11.5 Å². The summed E-state index contributed by atoms with van der Waals surface area (Å²) in [4.78, 5) is 4.03. The Balaban J connectivity index is 2.88. The zero-order valence-corrected chi connectivity index (χ0v) is 13.0. The molecule has 0 bridgehead atoms. The number of sulfonamides is 1. The Hall–Kier alpha value is -0.110. The summed E-state index contributed by atoms with van der Waals surface area (Å²) in [7, 11) is -3.18. The zero-order valence-electron chi connectivity index (χ0n) is 9.76. The molecule has 1 aromatic heterocycles. The summed E-state index contributed by atoms with van der Waals surface area (Å²) in [6.45, 7) is 3.93. The number of pyridine rings is 1. The van der Waals surface area contributed by atoms with Gasteiger partial charge in [-0.3, -0.25) is 4.98 Å². The lowest BCUT2D eigenvalue weighted by molar-refractivity contribution is 0.541. The van der Waals surface area contributed by atoms with Crippen LogP contribution in [-0.2, 0) is 16.6 Å². The van der Waals surface area contributed by atoms with E-state index in [0.717, 1.165) is 15.8 Å². The van der Waals surface area contributed by atoms with Crippen LogP contribution in [0.4, 0.5) is 0 Å². The first kappa shape index (κ1) is 14.9. The minimum absolute atomic E-state index is 0.113. The van der Waals surface area contributed by atoms with Gasteiger partial charge >= 0.3 is 0 Å². The van der Waals surface area contributed by atoms with Crippen molar-refractivity contribution in [1.29, 1.82) is 0 Å². The van der Waals surface area contributed by atoms with Crippen LogP contribution in [0.5, 0.6) is 0 Å². The number of rotatable bonds is 6. The van der Waals surface area contributed by atoms with Gasteiger partial charge in [0.25, 0.3) is 0 Å². The number of halogens is 1. The maximum atomic E-state index is 11.9. The molecule has 7 heteroatoms. The van der Waals surface area contributed by atoms with Gasteiger partial charge in [0.2, 0.25) is 10.0 Å². The SMILES string of the molecule is CCSN(Cc1cncc(Br)c1)S(=O)(=O)CC. The molecular weight excluding hydrogens is 324 g/mol. The highest BCUT2D eigenvalue weighted by Crippen LogP contribution is 2.21. The molecule has 0 N–H and O–H groups in total. The lowest BCUT2D eigenvalue weighted by Gasteiger charge is -2.19. The third kappa shape index (κ3) is 4.57. The first-order chi connectivity index (χ1) is 7.99. The van der Waals surface area contributed by atoms with Gasteiger partial charge in [0.1, 0.15) is 0 Å². The van der Waals surface area contributed by atoms with E-state index in [0.29, 0.717) is 6.54 Å². The molecule has 0 aromatic carbocycles. The smallest absolute Gasteiger partial charge is 0.223 e. The van der Waals surface area contributed by atoms with Crippen LogP contribution in [0.1, 0.15) is 19.4 Å². The summed E-state index contributed by atoms with van der Waals surface area (Å²) in [5.74, 6) is 0.835. The fraction of sp³-hybridized carbons (Fsp3) is 0.500. The zero-order chi connectivity index (χ0) is 12.9. The molecule has 0 aliphatic carbocycles. The van der Waals surface area contributed by atoms with E-state index >= 15 is 0 Å². The number of nitrogens with zero attached hydrogens (tertiary/aromatic N) is 2. The van der Waals surface area contributed by atoms with Crippen LogP contribution in [0, 0.1) is 0 Å². The molecular formula is C10H15BrN2O2S2. The molecule has 0 spiro atoms. The van der Waals surface area contributed by atoms with Crippen LogP contribution in [0.3, 0.4) is 0 Å². The Morgan fingerprint density at radius 2 is 2.12 bits per heavy atom. The molecule has 0 amide bonds. The number of aromatic nitrogens is 1. The van der Waals surface area contributed by atoms with Crippen LogP contribution >= 0.6 is 27.9 Å². The second-order valence-electron chi connectivity index (χ2n) is 3.29. The molecule has 1 heterocycles. The molecule has 1 rings (SSSR count). The van der Waals surface area contributed by atoms with Crippen LogP contribution in [0.15, 0.2) is 22.9 Å². The van der Waals surface area contributed by atoms with Crippen molar-refractivity contribution >= 4 is 37.9 Å². The summed E-state index contributed by atoms with van der Waals surface area (Å²) in [5.41, 5.74) is 0.873. The van der Waals surface area contributed by atoms with E-state index < -0.39 is 10.0 Å². The summed E-state index contributed by atoms with van der Waals surface area (Å²) >= 11 is 4.63. The Morgan fingerprint density at radius 1 is 1.41 bits per heavy atom. The molecule has 1 aromatic rings. The normalized spacial score (nSPS) is 12.0. The second kappa shape index (κ2) is 6.72. The van der Waals surface area contributed by atoms with E-state index in [-0.39, 0.29) is 5.75 Å². The quantitative estimate of drug-likeness (QED) is 0.748. The van der Waals surface area contributed by atoms with Crippen molar-refractivity contribution in [2.24, 2.45) is 0 Å². The third-order valence-electron chi connectivity index (χ3n) is 2.02. The predicted octanol–water partition coefficient (Wildman–Crippen LogP) is 2.66. The van der Waals surface area contributed by atoms with Crippen molar-refractivity contribution in [3.63, 3.8) is 0 Å². The summed E-state index contributed by atoms with van der Waals surface area (Å²) in [6.07, 6.45) is 3.36. The van der Waals surface area contributed by atoms with Crippen LogP contribution in [0.25, 0.3) is 0 Å². The fourth-order valence-corrected chi connectivity index (χ4v) is 4.05. The molecule has 0 aliphatic rings. The summed E-state index contributed by atoms with van der Waals surface area (Å²) in [6, 6.07) is 1.88. The molecule has 0 unspecified atom stereocenters. The Kier molecular flexibility index (Phi) is 5.91. The van der Waals surface area contributed by atoms with Crippen LogP contribution < -0.4 is 0 Å². The minimum Gasteiger partial charge on any atom is -0.263 e. The highest BCUT2D eigenvalue weighted by Gasteiger charge is 2.20. The van der Waals surface area contributed by atoms with Gasteiger partial charge in [-0.25, -0.2) is 8.42 Å². The van der Waals surface area contributed by atoms with Gasteiger partial charge in [-0.1, -0.05) is 18.9 Å². The highest BCUT2D eigenvalue weighted by atomic mass is 79.9. The van der Waals surface area contributed by atoms with Gasteiger partial charge < -0.3 is 0 Å². The van der Waals surface area contributed by atoms with Gasteiger partial charge in [-0.15, -0.1) is 3.71 Å². The van der Waals surface area contributed by atoms with E-state index in [1.54, 1.807) is 19.3 Å². The average molecular weight is 339 g/mol. The monoisotopic (exact) mass is 338 g/mol. The van der Waals surface area contributed by atoms with Gasteiger partial charge in [-0.2, -0.15) is 0 Å². The minimum atomic E-state index is -3.18. The van der Waals surface area contributed by atoms with Crippen molar-refractivity contribution < 1.29 is 8.42 Å². The molecule has 17 heavy (non-hydrogen) atoms. The van der Waals surface area contributed by atoms with E-state index in [1.165, 1.54) is 15.7 Å².